The van der Waals surface area contributed by atoms with Gasteiger partial charge < -0.3 is 4.55 Å². The van der Waals surface area contributed by atoms with Crippen molar-refractivity contribution < 1.29 is 36.9 Å². The second kappa shape index (κ2) is 12.2. The van der Waals surface area contributed by atoms with E-state index in [9.17, 15) is 28.1 Å². The van der Waals surface area contributed by atoms with Crippen LogP contribution in [0.1, 0.15) is 51.8 Å². The maximum atomic E-state index is 16.2. The van der Waals surface area contributed by atoms with Crippen molar-refractivity contribution in [3.63, 3.8) is 0 Å². The molecule has 3 aromatic heterocycles. The highest BCUT2D eigenvalue weighted by Crippen LogP contribution is 2.34. The zero-order chi connectivity index (χ0) is 34.6. The Morgan fingerprint density at radius 3 is 2.27 bits per heavy atom. The Labute approximate surface area is 273 Å². The number of rotatable bonds is 6. The number of aromatic nitrogens is 4. The molecule has 0 spiro atoms. The largest absolute Gasteiger partial charge is 0.587 e. The van der Waals surface area contributed by atoms with E-state index in [1.165, 1.54) is 49.1 Å². The SMILES string of the molecule is CC(=O)N(c1ccc(F)c(C(=O)c2cn(C(C)=O)c3ncc(-c4ccc5c(cnn5C(C)=O)c4)cc23)c1F)[S+]([O-])c1cc(C)ccc1F. The highest BCUT2D eigenvalue weighted by molar-refractivity contribution is 7.93. The Kier molecular flexibility index (Phi) is 8.23. The van der Waals surface area contributed by atoms with E-state index in [4.69, 9.17) is 0 Å². The molecule has 48 heavy (non-hydrogen) atoms. The van der Waals surface area contributed by atoms with Gasteiger partial charge in [0.15, 0.2) is 11.6 Å². The molecule has 0 aliphatic carbocycles. The van der Waals surface area contributed by atoms with Crippen molar-refractivity contribution in [3.8, 4) is 11.1 Å². The summed E-state index contributed by atoms with van der Waals surface area (Å²) in [7, 11) is 0. The number of anilines is 1. The first-order valence-electron chi connectivity index (χ1n) is 14.3. The molecule has 1 unspecified atom stereocenters. The number of carbonyl (C=O) groups is 4. The van der Waals surface area contributed by atoms with Gasteiger partial charge in [-0.1, -0.05) is 12.1 Å². The summed E-state index contributed by atoms with van der Waals surface area (Å²) >= 11 is -2.62. The van der Waals surface area contributed by atoms with Gasteiger partial charge in [-0.15, -0.1) is 4.31 Å². The number of nitrogens with zero attached hydrogens (tertiary/aromatic N) is 5. The monoisotopic (exact) mass is 671 g/mol. The summed E-state index contributed by atoms with van der Waals surface area (Å²) in [4.78, 5) is 55.0. The minimum absolute atomic E-state index is 0.0402. The second-order valence-electron chi connectivity index (χ2n) is 11.0. The fraction of sp³-hybridized carbons (Fsp3) is 0.118. The van der Waals surface area contributed by atoms with Gasteiger partial charge in [-0.3, -0.25) is 23.7 Å². The number of benzene rings is 3. The zero-order valence-electron chi connectivity index (χ0n) is 25.7. The Morgan fingerprint density at radius 1 is 0.854 bits per heavy atom. The molecule has 0 aliphatic rings. The number of amides is 1. The van der Waals surface area contributed by atoms with Crippen molar-refractivity contribution in [1.29, 1.82) is 0 Å². The molecule has 3 aromatic carbocycles. The van der Waals surface area contributed by atoms with E-state index >= 15 is 8.78 Å². The number of hydrogen-bond donors (Lipinski definition) is 0. The third-order valence-corrected chi connectivity index (χ3v) is 9.14. The van der Waals surface area contributed by atoms with Gasteiger partial charge >= 0.3 is 0 Å². The van der Waals surface area contributed by atoms with Crippen LogP contribution in [0.3, 0.4) is 0 Å². The average Bonchev–Trinajstić information content (AvgIpc) is 3.65. The molecular weight excluding hydrogens is 647 g/mol. The number of pyridine rings is 1. The van der Waals surface area contributed by atoms with Crippen molar-refractivity contribution in [2.24, 2.45) is 0 Å². The molecule has 1 amide bonds. The Balaban J connectivity index is 1.48. The van der Waals surface area contributed by atoms with E-state index in [0.29, 0.717) is 31.9 Å². The molecule has 3 heterocycles. The van der Waals surface area contributed by atoms with Crippen LogP contribution < -0.4 is 4.31 Å². The lowest BCUT2D eigenvalue weighted by Gasteiger charge is -2.24. The fourth-order valence-corrected chi connectivity index (χ4v) is 6.68. The average molecular weight is 672 g/mol. The van der Waals surface area contributed by atoms with Crippen LogP contribution in [0.4, 0.5) is 18.9 Å². The highest BCUT2D eigenvalue weighted by atomic mass is 32.2. The molecule has 6 aromatic rings. The van der Waals surface area contributed by atoms with E-state index in [1.54, 1.807) is 25.1 Å². The summed E-state index contributed by atoms with van der Waals surface area (Å²) in [6, 6.07) is 11.9. The molecule has 242 valence electrons. The van der Waals surface area contributed by atoms with Gasteiger partial charge in [-0.2, -0.15) is 5.10 Å². The van der Waals surface area contributed by atoms with Crippen molar-refractivity contribution in [2.45, 2.75) is 32.6 Å². The summed E-state index contributed by atoms with van der Waals surface area (Å²) in [5.41, 5.74) is 0.106. The zero-order valence-corrected chi connectivity index (χ0v) is 26.6. The molecule has 0 saturated carbocycles. The number of ketones is 1. The lowest BCUT2D eigenvalue weighted by atomic mass is 9.99. The van der Waals surface area contributed by atoms with Gasteiger partial charge in [0.05, 0.1) is 22.8 Å². The molecule has 1 atom stereocenters. The molecule has 0 bridgehead atoms. The highest BCUT2D eigenvalue weighted by Gasteiger charge is 2.36. The van der Waals surface area contributed by atoms with Crippen LogP contribution in [-0.4, -0.2) is 47.4 Å². The third kappa shape index (κ3) is 5.44. The lowest BCUT2D eigenvalue weighted by molar-refractivity contribution is -0.115. The van der Waals surface area contributed by atoms with Crippen LogP contribution in [0.25, 0.3) is 33.1 Å². The topological polar surface area (TPSA) is 130 Å². The van der Waals surface area contributed by atoms with Crippen LogP contribution >= 0.6 is 0 Å². The van der Waals surface area contributed by atoms with E-state index in [2.05, 4.69) is 10.1 Å². The standard InChI is InChI=1S/C34H24F3N5O5S/c1-17-5-7-26(35)30(11-17)48(47)42(20(4)45)29-10-8-27(36)31(32(29)37)33(46)25-16-40(18(2)43)34-24(25)13-22(14-38-34)21-6-9-28-23(12-21)15-39-41(28)19(3)44/h5-16H,1-4H3. The predicted molar refractivity (Wildman–Crippen MR) is 172 cm³/mol. The molecule has 0 radical (unpaired) electrons. The third-order valence-electron chi connectivity index (χ3n) is 7.67. The van der Waals surface area contributed by atoms with Gasteiger partial charge in [-0.05, 0) is 54.4 Å². The summed E-state index contributed by atoms with van der Waals surface area (Å²) in [6.07, 6.45) is 4.08. The van der Waals surface area contributed by atoms with Gasteiger partial charge in [0.2, 0.25) is 22.5 Å². The minimum Gasteiger partial charge on any atom is -0.587 e. The number of fused-ring (bicyclic) bond motifs is 2. The van der Waals surface area contributed by atoms with Crippen molar-refractivity contribution in [3.05, 3.63) is 107 Å². The maximum Gasteiger partial charge on any atom is 0.267 e. The van der Waals surface area contributed by atoms with Gasteiger partial charge in [-0.25, -0.2) is 22.8 Å². The molecule has 6 rings (SSSR count). The Morgan fingerprint density at radius 2 is 1.58 bits per heavy atom. The summed E-state index contributed by atoms with van der Waals surface area (Å²) in [5, 5.41) is 4.82. The quantitative estimate of drug-likeness (QED) is 0.148. The van der Waals surface area contributed by atoms with E-state index in [0.717, 1.165) is 35.9 Å². The summed E-state index contributed by atoms with van der Waals surface area (Å²) in [5.74, 6) is -6.70. The normalized spacial score (nSPS) is 12.0. The number of aryl methyl sites for hydroxylation is 1. The first-order chi connectivity index (χ1) is 22.8. The van der Waals surface area contributed by atoms with Crippen LogP contribution in [0.2, 0.25) is 0 Å². The predicted octanol–water partition coefficient (Wildman–Crippen LogP) is 6.41. The number of hydrogen-bond acceptors (Lipinski definition) is 7. The lowest BCUT2D eigenvalue weighted by Crippen LogP contribution is -2.37. The Bertz CT molecular complexity index is 2350. The van der Waals surface area contributed by atoms with Gasteiger partial charge in [0.1, 0.15) is 28.5 Å². The molecule has 0 aliphatic heterocycles. The molecule has 0 N–H and O–H groups in total. The number of carbonyl (C=O) groups excluding carboxylic acids is 4. The van der Waals surface area contributed by atoms with Crippen LogP contribution in [0.15, 0.2) is 78.1 Å². The second-order valence-corrected chi connectivity index (χ2v) is 12.3. The number of halogens is 3. The maximum absolute atomic E-state index is 16.2. The molecule has 0 saturated heterocycles. The van der Waals surface area contributed by atoms with Crippen LogP contribution in [0, 0.1) is 24.4 Å². The Hall–Kier alpha value is -5.60. The van der Waals surface area contributed by atoms with Gasteiger partial charge in [0.25, 0.3) is 5.91 Å². The smallest absolute Gasteiger partial charge is 0.267 e. The van der Waals surface area contributed by atoms with E-state index < -0.39 is 62.6 Å². The fourth-order valence-electron chi connectivity index (χ4n) is 5.41. The van der Waals surface area contributed by atoms with Crippen molar-refractivity contribution >= 4 is 62.5 Å². The molecule has 10 nitrogen and oxygen atoms in total. The first-order valence-corrected chi connectivity index (χ1v) is 15.4. The first kappa shape index (κ1) is 32.3. The van der Waals surface area contributed by atoms with E-state index in [-0.39, 0.29) is 22.5 Å². The minimum atomic E-state index is -2.62. The van der Waals surface area contributed by atoms with Crippen molar-refractivity contribution in [1.82, 2.24) is 19.3 Å². The molecule has 0 fully saturated rings. The van der Waals surface area contributed by atoms with Crippen molar-refractivity contribution in [2.75, 3.05) is 4.31 Å². The van der Waals surface area contributed by atoms with E-state index in [1.807, 2.05) is 0 Å². The summed E-state index contributed by atoms with van der Waals surface area (Å²) < 4.78 is 62.4. The van der Waals surface area contributed by atoms with Gasteiger partial charge in [0, 0.05) is 55.6 Å². The summed E-state index contributed by atoms with van der Waals surface area (Å²) in [6.45, 7) is 5.16. The van der Waals surface area contributed by atoms with Crippen LogP contribution in [0.5, 0.6) is 0 Å². The molecule has 14 heteroatoms. The van der Waals surface area contributed by atoms with Crippen LogP contribution in [-0.2, 0) is 16.2 Å². The molecular formula is C34H24F3N5O5S.